The molecule has 13 heavy (non-hydrogen) atoms. The van der Waals surface area contributed by atoms with Crippen molar-refractivity contribution in [2.24, 2.45) is 7.05 Å². The molecular formula is C8H13N3O2. The Morgan fingerprint density at radius 3 is 2.77 bits per heavy atom. The zero-order chi connectivity index (χ0) is 9.84. The first-order chi connectivity index (χ1) is 6.11. The maximum absolute atomic E-state index is 11.2. The average Bonchev–Trinajstić information content (AvgIpc) is 2.35. The molecule has 0 amide bonds. The fourth-order valence-corrected chi connectivity index (χ4v) is 1.05. The van der Waals surface area contributed by atoms with E-state index in [9.17, 15) is 9.59 Å². The second-order valence-electron chi connectivity index (χ2n) is 3.05. The quantitative estimate of drug-likeness (QED) is 0.657. The minimum atomic E-state index is -0.136. The molecule has 0 fully saturated rings. The molecule has 1 rings (SSSR count). The van der Waals surface area contributed by atoms with E-state index in [2.05, 4.69) is 5.10 Å². The van der Waals surface area contributed by atoms with Crippen molar-refractivity contribution in [3.63, 3.8) is 0 Å². The van der Waals surface area contributed by atoms with Crippen LogP contribution in [0.4, 0.5) is 0 Å². The Hall–Kier alpha value is -1.39. The van der Waals surface area contributed by atoms with Crippen molar-refractivity contribution < 1.29 is 4.79 Å². The lowest BCUT2D eigenvalue weighted by atomic mass is 10.2. The van der Waals surface area contributed by atoms with Crippen LogP contribution >= 0.6 is 0 Å². The van der Waals surface area contributed by atoms with Crippen LogP contribution in [-0.4, -0.2) is 20.1 Å². The van der Waals surface area contributed by atoms with Crippen molar-refractivity contribution in [1.82, 2.24) is 14.3 Å². The summed E-state index contributed by atoms with van der Waals surface area (Å²) in [5.74, 6) is 0.143. The van der Waals surface area contributed by atoms with Gasteiger partial charge < -0.3 is 4.79 Å². The topological polar surface area (TPSA) is 56.9 Å². The third-order valence-electron chi connectivity index (χ3n) is 1.79. The third-order valence-corrected chi connectivity index (χ3v) is 1.79. The Balaban J connectivity index is 2.51. The highest BCUT2D eigenvalue weighted by Crippen LogP contribution is 1.91. The number of nitrogens with zero attached hydrogens (tertiary/aromatic N) is 3. The highest BCUT2D eigenvalue weighted by atomic mass is 16.2. The van der Waals surface area contributed by atoms with Crippen LogP contribution in [0.3, 0.4) is 0 Å². The van der Waals surface area contributed by atoms with Crippen LogP contribution in [0.5, 0.6) is 0 Å². The van der Waals surface area contributed by atoms with Gasteiger partial charge in [-0.3, -0.25) is 4.57 Å². The van der Waals surface area contributed by atoms with Crippen molar-refractivity contribution in [3.8, 4) is 0 Å². The summed E-state index contributed by atoms with van der Waals surface area (Å²) in [5.41, 5.74) is -0.136. The van der Waals surface area contributed by atoms with Gasteiger partial charge in [0.1, 0.15) is 12.1 Å². The first kappa shape index (κ1) is 9.70. The Labute approximate surface area is 76.0 Å². The number of carbonyl (C=O) groups is 1. The molecule has 0 saturated carbocycles. The molecule has 0 N–H and O–H groups in total. The van der Waals surface area contributed by atoms with Gasteiger partial charge in [0.2, 0.25) is 0 Å². The number of carbonyl (C=O) groups excluding carboxylic acids is 1. The summed E-state index contributed by atoms with van der Waals surface area (Å²) < 4.78 is 2.77. The molecule has 5 heteroatoms. The van der Waals surface area contributed by atoms with E-state index in [1.807, 2.05) is 0 Å². The van der Waals surface area contributed by atoms with Crippen molar-refractivity contribution in [1.29, 1.82) is 0 Å². The second-order valence-corrected chi connectivity index (χ2v) is 3.05. The number of hydrogen-bond donors (Lipinski definition) is 0. The summed E-state index contributed by atoms with van der Waals surface area (Å²) in [5, 5.41) is 3.87. The molecule has 0 aliphatic rings. The predicted molar refractivity (Wildman–Crippen MR) is 47.4 cm³/mol. The predicted octanol–water partition coefficient (Wildman–Crippen LogP) is -0.0490. The Bertz CT molecular complexity index is 351. The van der Waals surface area contributed by atoms with E-state index in [0.29, 0.717) is 19.4 Å². The van der Waals surface area contributed by atoms with Gasteiger partial charge in [0.25, 0.3) is 0 Å². The van der Waals surface area contributed by atoms with E-state index >= 15 is 0 Å². The number of rotatable bonds is 4. The summed E-state index contributed by atoms with van der Waals surface area (Å²) in [4.78, 5) is 21.8. The third kappa shape index (κ3) is 2.54. The Morgan fingerprint density at radius 2 is 2.31 bits per heavy atom. The number of Topliss-reactive ketones (excluding diaryl/α,β-unsaturated/α-hetero) is 1. The molecule has 0 aliphatic carbocycles. The minimum Gasteiger partial charge on any atom is -0.300 e. The maximum atomic E-state index is 11.2. The minimum absolute atomic E-state index is 0.136. The van der Waals surface area contributed by atoms with E-state index in [1.54, 1.807) is 14.0 Å². The molecule has 0 aliphatic heterocycles. The van der Waals surface area contributed by atoms with Crippen LogP contribution in [0.15, 0.2) is 11.1 Å². The molecule has 0 radical (unpaired) electrons. The molecule has 1 aromatic heterocycles. The highest BCUT2D eigenvalue weighted by molar-refractivity contribution is 5.75. The lowest BCUT2D eigenvalue weighted by Crippen LogP contribution is -2.23. The zero-order valence-electron chi connectivity index (χ0n) is 7.86. The van der Waals surface area contributed by atoms with Gasteiger partial charge in [-0.25, -0.2) is 9.48 Å². The fourth-order valence-electron chi connectivity index (χ4n) is 1.05. The van der Waals surface area contributed by atoms with Gasteiger partial charge in [-0.2, -0.15) is 5.10 Å². The van der Waals surface area contributed by atoms with Crippen LogP contribution in [0.1, 0.15) is 19.8 Å². The van der Waals surface area contributed by atoms with Gasteiger partial charge >= 0.3 is 5.69 Å². The van der Waals surface area contributed by atoms with Gasteiger partial charge in [0.15, 0.2) is 0 Å². The monoisotopic (exact) mass is 183 g/mol. The zero-order valence-corrected chi connectivity index (χ0v) is 7.86. The van der Waals surface area contributed by atoms with Crippen molar-refractivity contribution >= 4 is 5.78 Å². The lowest BCUT2D eigenvalue weighted by molar-refractivity contribution is -0.117. The SMILES string of the molecule is CC(=O)CCCn1ncn(C)c1=O. The maximum Gasteiger partial charge on any atom is 0.345 e. The summed E-state index contributed by atoms with van der Waals surface area (Å²) in [6.07, 6.45) is 2.64. The summed E-state index contributed by atoms with van der Waals surface area (Å²) in [6, 6.07) is 0. The molecule has 0 bridgehead atoms. The Morgan fingerprint density at radius 1 is 1.62 bits per heavy atom. The smallest absolute Gasteiger partial charge is 0.300 e. The Kier molecular flexibility index (Phi) is 3.00. The summed E-state index contributed by atoms with van der Waals surface area (Å²) in [6.45, 7) is 2.06. The molecular weight excluding hydrogens is 170 g/mol. The van der Waals surface area contributed by atoms with Crippen LogP contribution in [0.2, 0.25) is 0 Å². The van der Waals surface area contributed by atoms with Crippen LogP contribution in [0, 0.1) is 0 Å². The molecule has 0 unspecified atom stereocenters. The number of ketones is 1. The lowest BCUT2D eigenvalue weighted by Gasteiger charge is -1.96. The molecule has 0 atom stereocenters. The molecule has 72 valence electrons. The van der Waals surface area contributed by atoms with Gasteiger partial charge in [-0.15, -0.1) is 0 Å². The molecule has 1 heterocycles. The average molecular weight is 183 g/mol. The first-order valence-electron chi connectivity index (χ1n) is 4.19. The number of aromatic nitrogens is 3. The first-order valence-corrected chi connectivity index (χ1v) is 4.19. The van der Waals surface area contributed by atoms with E-state index in [-0.39, 0.29) is 11.5 Å². The van der Waals surface area contributed by atoms with Gasteiger partial charge in [0.05, 0.1) is 0 Å². The van der Waals surface area contributed by atoms with Gasteiger partial charge in [0, 0.05) is 20.0 Å². The van der Waals surface area contributed by atoms with Gasteiger partial charge in [-0.1, -0.05) is 0 Å². The van der Waals surface area contributed by atoms with E-state index < -0.39 is 0 Å². The number of hydrogen-bond acceptors (Lipinski definition) is 3. The molecule has 1 aromatic rings. The normalized spacial score (nSPS) is 10.3. The van der Waals surface area contributed by atoms with E-state index in [1.165, 1.54) is 15.6 Å². The standard InChI is InChI=1S/C8H13N3O2/c1-7(12)4-3-5-11-8(13)10(2)6-9-11/h6H,3-5H2,1-2H3. The fraction of sp³-hybridized carbons (Fsp3) is 0.625. The molecule has 0 aromatic carbocycles. The summed E-state index contributed by atoms with van der Waals surface area (Å²) in [7, 11) is 1.65. The van der Waals surface area contributed by atoms with Gasteiger partial charge in [-0.05, 0) is 13.3 Å². The van der Waals surface area contributed by atoms with Crippen molar-refractivity contribution in [3.05, 3.63) is 16.8 Å². The van der Waals surface area contributed by atoms with Crippen LogP contribution in [0.25, 0.3) is 0 Å². The van der Waals surface area contributed by atoms with Crippen LogP contribution in [-0.2, 0) is 18.4 Å². The van der Waals surface area contributed by atoms with E-state index in [4.69, 9.17) is 0 Å². The molecule has 0 saturated heterocycles. The largest absolute Gasteiger partial charge is 0.345 e. The highest BCUT2D eigenvalue weighted by Gasteiger charge is 2.01. The van der Waals surface area contributed by atoms with Crippen molar-refractivity contribution in [2.45, 2.75) is 26.3 Å². The van der Waals surface area contributed by atoms with Crippen LogP contribution < -0.4 is 5.69 Å². The summed E-state index contributed by atoms with van der Waals surface area (Å²) >= 11 is 0. The second kappa shape index (κ2) is 4.02. The molecule has 0 spiro atoms. The van der Waals surface area contributed by atoms with E-state index in [0.717, 1.165) is 0 Å². The molecule has 5 nitrogen and oxygen atoms in total. The van der Waals surface area contributed by atoms with Crippen molar-refractivity contribution in [2.75, 3.05) is 0 Å². The number of aryl methyl sites for hydroxylation is 2.